The van der Waals surface area contributed by atoms with Crippen molar-refractivity contribution in [3.8, 4) is 39.9 Å². The zero-order chi connectivity index (χ0) is 31.6. The molecule has 224 valence electrons. The van der Waals surface area contributed by atoms with Gasteiger partial charge in [-0.1, -0.05) is 127 Å². The molecule has 0 saturated carbocycles. The average molecular weight is 631 g/mol. The van der Waals surface area contributed by atoms with E-state index in [1.807, 2.05) is 72.0 Å². The third-order valence-electron chi connectivity index (χ3n) is 9.28. The molecule has 3 aromatic heterocycles. The largest absolute Gasteiger partial charge is 0.309 e. The van der Waals surface area contributed by atoms with Crippen LogP contribution in [0.2, 0.25) is 0 Å². The topological polar surface area (TPSA) is 43.6 Å². The van der Waals surface area contributed by atoms with Crippen molar-refractivity contribution >= 4 is 64.8 Å². The average Bonchev–Trinajstić information content (AvgIpc) is 3.79. The number of nitrogens with zero attached hydrogens (tertiary/aromatic N) is 4. The number of benzene rings is 7. The summed E-state index contributed by atoms with van der Waals surface area (Å²) in [4.78, 5) is 15.0. The predicted octanol–water partition coefficient (Wildman–Crippen LogP) is 11.5. The number of hydrogen-bond donors (Lipinski definition) is 0. The number of hydrogen-bond acceptors (Lipinski definition) is 4. The maximum Gasteiger partial charge on any atom is 0.164 e. The minimum absolute atomic E-state index is 0.640. The second-order valence-corrected chi connectivity index (χ2v) is 13.0. The van der Waals surface area contributed by atoms with Crippen LogP contribution < -0.4 is 0 Å². The van der Waals surface area contributed by atoms with Gasteiger partial charge in [0.2, 0.25) is 0 Å². The van der Waals surface area contributed by atoms with Crippen LogP contribution in [0.3, 0.4) is 0 Å². The Morgan fingerprint density at radius 1 is 0.438 bits per heavy atom. The second-order valence-electron chi connectivity index (χ2n) is 12.0. The van der Waals surface area contributed by atoms with E-state index in [0.29, 0.717) is 17.5 Å². The Labute approximate surface area is 280 Å². The van der Waals surface area contributed by atoms with E-state index in [1.54, 1.807) is 0 Å². The molecule has 0 radical (unpaired) electrons. The molecule has 7 aromatic carbocycles. The number of thiophene rings is 1. The van der Waals surface area contributed by atoms with Gasteiger partial charge in [0.25, 0.3) is 0 Å². The molecule has 5 heteroatoms. The molecule has 0 atom stereocenters. The lowest BCUT2D eigenvalue weighted by atomic mass is 9.96. The summed E-state index contributed by atoms with van der Waals surface area (Å²) in [6.45, 7) is 0. The molecule has 4 nitrogen and oxygen atoms in total. The highest BCUT2D eigenvalue weighted by Gasteiger charge is 2.21. The van der Waals surface area contributed by atoms with Crippen LogP contribution in [0.1, 0.15) is 0 Å². The fourth-order valence-corrected chi connectivity index (χ4v) is 8.12. The highest BCUT2D eigenvalue weighted by Crippen LogP contribution is 2.45. The third-order valence-corrected chi connectivity index (χ3v) is 10.2. The summed E-state index contributed by atoms with van der Waals surface area (Å²) < 4.78 is 3.75. The van der Waals surface area contributed by atoms with Gasteiger partial charge >= 0.3 is 0 Å². The van der Waals surface area contributed by atoms with Gasteiger partial charge in [-0.3, -0.25) is 0 Å². The zero-order valence-electron chi connectivity index (χ0n) is 25.7. The van der Waals surface area contributed by atoms with Crippen LogP contribution in [-0.2, 0) is 0 Å². The summed E-state index contributed by atoms with van der Waals surface area (Å²) in [6, 6.07) is 53.3. The molecular weight excluding hydrogens is 605 g/mol. The van der Waals surface area contributed by atoms with E-state index in [1.165, 1.54) is 53.4 Å². The van der Waals surface area contributed by atoms with Crippen LogP contribution in [0, 0.1) is 0 Å². The van der Waals surface area contributed by atoms with Crippen LogP contribution in [0.4, 0.5) is 0 Å². The zero-order valence-corrected chi connectivity index (χ0v) is 26.5. The monoisotopic (exact) mass is 630 g/mol. The molecule has 0 saturated heterocycles. The minimum atomic E-state index is 0.640. The van der Waals surface area contributed by atoms with Crippen molar-refractivity contribution < 1.29 is 0 Å². The first-order chi connectivity index (χ1) is 23.8. The van der Waals surface area contributed by atoms with Crippen molar-refractivity contribution in [1.29, 1.82) is 0 Å². The maximum atomic E-state index is 5.04. The van der Waals surface area contributed by atoms with Crippen molar-refractivity contribution in [2.75, 3.05) is 0 Å². The van der Waals surface area contributed by atoms with Crippen LogP contribution >= 0.6 is 11.3 Å². The molecule has 48 heavy (non-hydrogen) atoms. The summed E-state index contributed by atoms with van der Waals surface area (Å²) in [5.41, 5.74) is 6.30. The van der Waals surface area contributed by atoms with Crippen LogP contribution in [-0.4, -0.2) is 19.5 Å². The van der Waals surface area contributed by atoms with E-state index >= 15 is 0 Å². The van der Waals surface area contributed by atoms with Gasteiger partial charge < -0.3 is 4.57 Å². The first kappa shape index (κ1) is 27.0. The first-order valence-corrected chi connectivity index (χ1v) is 16.9. The van der Waals surface area contributed by atoms with Crippen molar-refractivity contribution in [3.05, 3.63) is 157 Å². The van der Waals surface area contributed by atoms with Gasteiger partial charge in [-0.25, -0.2) is 15.0 Å². The lowest BCUT2D eigenvalue weighted by Gasteiger charge is -2.13. The van der Waals surface area contributed by atoms with E-state index in [9.17, 15) is 0 Å². The summed E-state index contributed by atoms with van der Waals surface area (Å²) in [6.07, 6.45) is 0. The fourth-order valence-electron chi connectivity index (χ4n) is 7.17. The Hall–Kier alpha value is -6.17. The SMILES string of the molecule is c1ccc(-c2nc(-c3ccccc3)nc(-c3cccc(-n4c5ccc6ccsc6c5c5c6ccccc6c6ccccc6c54)c3)n2)cc1. The second kappa shape index (κ2) is 10.7. The van der Waals surface area contributed by atoms with Crippen LogP contribution in [0.5, 0.6) is 0 Å². The van der Waals surface area contributed by atoms with E-state index in [0.717, 1.165) is 22.4 Å². The Morgan fingerprint density at radius 3 is 1.69 bits per heavy atom. The molecular formula is C43H26N4S. The van der Waals surface area contributed by atoms with E-state index in [2.05, 4.69) is 101 Å². The fraction of sp³-hybridized carbons (Fsp3) is 0. The Kier molecular flexibility index (Phi) is 6.01. The molecule has 0 spiro atoms. The molecule has 0 fully saturated rings. The smallest absolute Gasteiger partial charge is 0.164 e. The van der Waals surface area contributed by atoms with Crippen molar-refractivity contribution in [2.45, 2.75) is 0 Å². The van der Waals surface area contributed by atoms with Crippen molar-refractivity contribution in [1.82, 2.24) is 19.5 Å². The predicted molar refractivity (Wildman–Crippen MR) is 201 cm³/mol. The van der Waals surface area contributed by atoms with Gasteiger partial charge in [-0.2, -0.15) is 0 Å². The molecule has 0 amide bonds. The molecule has 0 unspecified atom stereocenters. The Balaban J connectivity index is 1.29. The molecule has 0 aliphatic rings. The van der Waals surface area contributed by atoms with Crippen molar-refractivity contribution in [2.24, 2.45) is 0 Å². The lowest BCUT2D eigenvalue weighted by molar-refractivity contribution is 1.07. The standard InChI is InChI=1S/C43H26N4S/c1-3-12-28(13-4-1)41-44-42(29-14-5-2-6-15-29)46-43(45-41)30-16-11-17-31(26-30)47-36-23-22-27-24-25-48-40(27)38(36)37-34-20-9-7-18-32(34)33-19-8-10-21-35(33)39(37)47/h1-26H. The Morgan fingerprint density at radius 2 is 1.00 bits per heavy atom. The van der Waals surface area contributed by atoms with Gasteiger partial charge in [0.05, 0.1) is 11.0 Å². The van der Waals surface area contributed by atoms with Crippen LogP contribution in [0.15, 0.2) is 157 Å². The minimum Gasteiger partial charge on any atom is -0.309 e. The summed E-state index contributed by atoms with van der Waals surface area (Å²) in [7, 11) is 0. The lowest BCUT2D eigenvalue weighted by Crippen LogP contribution is -2.01. The van der Waals surface area contributed by atoms with Crippen molar-refractivity contribution in [3.63, 3.8) is 0 Å². The van der Waals surface area contributed by atoms with E-state index < -0.39 is 0 Å². The maximum absolute atomic E-state index is 5.04. The summed E-state index contributed by atoms with van der Waals surface area (Å²) in [5, 5.41) is 11.1. The molecule has 10 aromatic rings. The molecule has 0 bridgehead atoms. The molecule has 10 rings (SSSR count). The van der Waals surface area contributed by atoms with E-state index in [4.69, 9.17) is 15.0 Å². The molecule has 0 aliphatic carbocycles. The van der Waals surface area contributed by atoms with Crippen LogP contribution in [0.25, 0.3) is 93.3 Å². The highest BCUT2D eigenvalue weighted by atomic mass is 32.1. The highest BCUT2D eigenvalue weighted by molar-refractivity contribution is 7.18. The number of aromatic nitrogens is 4. The van der Waals surface area contributed by atoms with Gasteiger partial charge in [0, 0.05) is 43.2 Å². The quantitative estimate of drug-likeness (QED) is 0.182. The summed E-state index contributed by atoms with van der Waals surface area (Å²) in [5.74, 6) is 1.94. The number of fused-ring (bicyclic) bond motifs is 10. The Bertz CT molecular complexity index is 2780. The van der Waals surface area contributed by atoms with Gasteiger partial charge in [-0.15, -0.1) is 11.3 Å². The molecule has 0 N–H and O–H groups in total. The summed E-state index contributed by atoms with van der Waals surface area (Å²) >= 11 is 1.81. The molecule has 0 aliphatic heterocycles. The first-order valence-electron chi connectivity index (χ1n) is 16.0. The van der Waals surface area contributed by atoms with Gasteiger partial charge in [-0.05, 0) is 51.2 Å². The normalized spacial score (nSPS) is 11.8. The van der Waals surface area contributed by atoms with E-state index in [-0.39, 0.29) is 0 Å². The van der Waals surface area contributed by atoms with Gasteiger partial charge in [0.1, 0.15) is 0 Å². The number of rotatable bonds is 4. The third kappa shape index (κ3) is 4.11. The van der Waals surface area contributed by atoms with Gasteiger partial charge in [0.15, 0.2) is 17.5 Å². The molecule has 3 heterocycles.